The predicted octanol–water partition coefficient (Wildman–Crippen LogP) is 2.12. The lowest BCUT2D eigenvalue weighted by atomic mass is 10.1. The first-order valence-electron chi connectivity index (χ1n) is 5.52. The van der Waals surface area contributed by atoms with E-state index in [4.69, 9.17) is 5.11 Å². The van der Waals surface area contributed by atoms with Crippen LogP contribution in [0, 0.1) is 6.92 Å². The minimum Gasteiger partial charge on any atom is -0.393 e. The molecule has 1 atom stereocenters. The minimum absolute atomic E-state index is 0.0372. The lowest BCUT2D eigenvalue weighted by Crippen LogP contribution is -2.27. The fourth-order valence-corrected chi connectivity index (χ4v) is 1.57. The molecule has 0 fully saturated rings. The molecule has 88 valence electrons. The lowest BCUT2D eigenvalue weighted by Gasteiger charge is -2.19. The van der Waals surface area contributed by atoms with E-state index in [1.807, 2.05) is 31.2 Å². The molecule has 1 aromatic rings. The van der Waals surface area contributed by atoms with Gasteiger partial charge in [0.15, 0.2) is 0 Å². The van der Waals surface area contributed by atoms with Gasteiger partial charge in [-0.15, -0.1) is 0 Å². The summed E-state index contributed by atoms with van der Waals surface area (Å²) in [5.74, 6) is 0.0372. The van der Waals surface area contributed by atoms with Crippen molar-refractivity contribution in [2.45, 2.75) is 32.8 Å². The Hall–Kier alpha value is -1.35. The van der Waals surface area contributed by atoms with Crippen molar-refractivity contribution in [1.29, 1.82) is 0 Å². The average molecular weight is 221 g/mol. The van der Waals surface area contributed by atoms with Crippen molar-refractivity contribution in [2.75, 3.05) is 11.9 Å². The molecule has 0 saturated heterocycles. The Morgan fingerprint density at radius 1 is 1.44 bits per heavy atom. The summed E-state index contributed by atoms with van der Waals surface area (Å²) in [5.41, 5.74) is 2.01. The fourth-order valence-electron chi connectivity index (χ4n) is 1.57. The van der Waals surface area contributed by atoms with E-state index in [2.05, 4.69) is 0 Å². The van der Waals surface area contributed by atoms with Crippen LogP contribution in [-0.2, 0) is 4.79 Å². The molecule has 0 radical (unpaired) electrons. The van der Waals surface area contributed by atoms with Gasteiger partial charge in [0.05, 0.1) is 6.10 Å². The molecule has 0 aromatic heterocycles. The molecule has 1 unspecified atom stereocenters. The highest BCUT2D eigenvalue weighted by Gasteiger charge is 2.12. The van der Waals surface area contributed by atoms with Gasteiger partial charge in [0.25, 0.3) is 0 Å². The molecule has 0 heterocycles. The Morgan fingerprint density at radius 2 is 2.06 bits per heavy atom. The predicted molar refractivity (Wildman–Crippen MR) is 65.5 cm³/mol. The van der Waals surface area contributed by atoms with E-state index in [1.54, 1.807) is 18.9 Å². The van der Waals surface area contributed by atoms with Gasteiger partial charge in [-0.25, -0.2) is 0 Å². The molecule has 16 heavy (non-hydrogen) atoms. The Morgan fingerprint density at radius 3 is 2.62 bits per heavy atom. The first kappa shape index (κ1) is 12.7. The van der Waals surface area contributed by atoms with Crippen LogP contribution in [0.15, 0.2) is 24.3 Å². The van der Waals surface area contributed by atoms with Gasteiger partial charge in [0.1, 0.15) is 0 Å². The highest BCUT2D eigenvalue weighted by Crippen LogP contribution is 2.18. The van der Waals surface area contributed by atoms with Crippen LogP contribution in [0.2, 0.25) is 0 Å². The van der Waals surface area contributed by atoms with Crippen molar-refractivity contribution in [3.05, 3.63) is 29.8 Å². The summed E-state index contributed by atoms with van der Waals surface area (Å²) in [6, 6.07) is 7.77. The number of amides is 1. The quantitative estimate of drug-likeness (QED) is 0.846. The molecule has 1 amide bonds. The van der Waals surface area contributed by atoms with Crippen LogP contribution >= 0.6 is 0 Å². The first-order valence-corrected chi connectivity index (χ1v) is 5.52. The monoisotopic (exact) mass is 221 g/mol. The first-order chi connectivity index (χ1) is 7.52. The molecule has 1 rings (SSSR count). The zero-order chi connectivity index (χ0) is 12.1. The van der Waals surface area contributed by atoms with Crippen molar-refractivity contribution in [1.82, 2.24) is 0 Å². The summed E-state index contributed by atoms with van der Waals surface area (Å²) in [5, 5.41) is 9.14. The third-order valence-corrected chi connectivity index (χ3v) is 2.63. The standard InChI is InChI=1S/C13H19NO2/c1-10-6-4-5-7-12(10)14(3)13(16)9-8-11(2)15/h4-7,11,15H,8-9H2,1-3H3. The Bertz CT molecular complexity index is 361. The number of carbonyl (C=O) groups is 1. The van der Waals surface area contributed by atoms with Crippen LogP contribution in [0.3, 0.4) is 0 Å². The molecule has 1 aromatic carbocycles. The zero-order valence-corrected chi connectivity index (χ0v) is 10.1. The van der Waals surface area contributed by atoms with Crippen molar-refractivity contribution in [2.24, 2.45) is 0 Å². The number of benzene rings is 1. The van der Waals surface area contributed by atoms with Crippen LogP contribution in [0.4, 0.5) is 5.69 Å². The summed E-state index contributed by atoms with van der Waals surface area (Å²) in [6.45, 7) is 3.68. The maximum Gasteiger partial charge on any atom is 0.226 e. The van der Waals surface area contributed by atoms with Crippen LogP contribution in [0.5, 0.6) is 0 Å². The minimum atomic E-state index is -0.422. The van der Waals surface area contributed by atoms with E-state index in [-0.39, 0.29) is 5.91 Å². The molecule has 3 heteroatoms. The number of hydrogen-bond donors (Lipinski definition) is 1. The molecule has 0 bridgehead atoms. The Kier molecular flexibility index (Phi) is 4.50. The molecule has 0 aliphatic rings. The lowest BCUT2D eigenvalue weighted by molar-refractivity contribution is -0.118. The van der Waals surface area contributed by atoms with Gasteiger partial charge in [0, 0.05) is 19.2 Å². The van der Waals surface area contributed by atoms with Crippen molar-refractivity contribution in [3.63, 3.8) is 0 Å². The van der Waals surface area contributed by atoms with E-state index in [0.717, 1.165) is 11.3 Å². The SMILES string of the molecule is Cc1ccccc1N(C)C(=O)CCC(C)O. The van der Waals surface area contributed by atoms with Gasteiger partial charge in [-0.05, 0) is 31.9 Å². The molecule has 0 saturated carbocycles. The van der Waals surface area contributed by atoms with Crippen LogP contribution in [0.25, 0.3) is 0 Å². The van der Waals surface area contributed by atoms with Gasteiger partial charge in [-0.3, -0.25) is 4.79 Å². The number of nitrogens with zero attached hydrogens (tertiary/aromatic N) is 1. The van der Waals surface area contributed by atoms with Crippen LogP contribution in [-0.4, -0.2) is 24.2 Å². The Balaban J connectivity index is 2.67. The maximum atomic E-state index is 11.8. The third-order valence-electron chi connectivity index (χ3n) is 2.63. The summed E-state index contributed by atoms with van der Waals surface area (Å²) in [4.78, 5) is 13.5. The summed E-state index contributed by atoms with van der Waals surface area (Å²) >= 11 is 0. The third kappa shape index (κ3) is 3.35. The van der Waals surface area contributed by atoms with E-state index >= 15 is 0 Å². The van der Waals surface area contributed by atoms with Crippen LogP contribution in [0.1, 0.15) is 25.3 Å². The van der Waals surface area contributed by atoms with E-state index in [0.29, 0.717) is 12.8 Å². The molecule has 1 N–H and O–H groups in total. The zero-order valence-electron chi connectivity index (χ0n) is 10.1. The summed E-state index contributed by atoms with van der Waals surface area (Å²) in [7, 11) is 1.77. The number of aliphatic hydroxyl groups is 1. The second-order valence-corrected chi connectivity index (χ2v) is 4.13. The molecule has 0 aliphatic carbocycles. The summed E-state index contributed by atoms with van der Waals surface area (Å²) in [6.07, 6.45) is 0.464. The molecular weight excluding hydrogens is 202 g/mol. The average Bonchev–Trinajstić information content (AvgIpc) is 2.25. The Labute approximate surface area is 96.7 Å². The number of rotatable bonds is 4. The van der Waals surface area contributed by atoms with Gasteiger partial charge in [-0.2, -0.15) is 0 Å². The van der Waals surface area contributed by atoms with Crippen LogP contribution < -0.4 is 4.90 Å². The van der Waals surface area contributed by atoms with E-state index in [9.17, 15) is 4.79 Å². The van der Waals surface area contributed by atoms with E-state index in [1.165, 1.54) is 0 Å². The second-order valence-electron chi connectivity index (χ2n) is 4.13. The largest absolute Gasteiger partial charge is 0.393 e. The number of aryl methyl sites for hydroxylation is 1. The summed E-state index contributed by atoms with van der Waals surface area (Å²) < 4.78 is 0. The number of aliphatic hydroxyl groups excluding tert-OH is 1. The fraction of sp³-hybridized carbons (Fsp3) is 0.462. The van der Waals surface area contributed by atoms with Gasteiger partial charge < -0.3 is 10.0 Å². The van der Waals surface area contributed by atoms with Gasteiger partial charge in [0.2, 0.25) is 5.91 Å². The van der Waals surface area contributed by atoms with Crippen molar-refractivity contribution < 1.29 is 9.90 Å². The van der Waals surface area contributed by atoms with Crippen molar-refractivity contribution >= 4 is 11.6 Å². The normalized spacial score (nSPS) is 12.2. The van der Waals surface area contributed by atoms with Crippen molar-refractivity contribution in [3.8, 4) is 0 Å². The van der Waals surface area contributed by atoms with Gasteiger partial charge in [-0.1, -0.05) is 18.2 Å². The number of carbonyl (C=O) groups excluding carboxylic acids is 1. The second kappa shape index (κ2) is 5.66. The smallest absolute Gasteiger partial charge is 0.226 e. The number of para-hydroxylation sites is 1. The number of anilines is 1. The molecule has 3 nitrogen and oxygen atoms in total. The maximum absolute atomic E-state index is 11.8. The highest BCUT2D eigenvalue weighted by atomic mass is 16.3. The van der Waals surface area contributed by atoms with Gasteiger partial charge >= 0.3 is 0 Å². The van der Waals surface area contributed by atoms with E-state index < -0.39 is 6.10 Å². The topological polar surface area (TPSA) is 40.5 Å². The molecular formula is C13H19NO2. The molecule has 0 spiro atoms. The highest BCUT2D eigenvalue weighted by molar-refractivity contribution is 5.93. The molecule has 0 aliphatic heterocycles. The number of hydrogen-bond acceptors (Lipinski definition) is 2.